The first kappa shape index (κ1) is 18.8. The van der Waals surface area contributed by atoms with E-state index in [0.717, 1.165) is 22.3 Å². The molecule has 6 nitrogen and oxygen atoms in total. The molecule has 0 saturated carbocycles. The van der Waals surface area contributed by atoms with Crippen LogP contribution in [0.4, 0.5) is 5.69 Å². The highest BCUT2D eigenvalue weighted by molar-refractivity contribution is 5.79. The highest BCUT2D eigenvalue weighted by Crippen LogP contribution is 2.46. The molecule has 0 aliphatic heterocycles. The molecule has 0 heterocycles. The second-order valence-electron chi connectivity index (χ2n) is 7.18. The SMILES string of the molecule is O=Nc1ccc(Oc2ccc3c(c2)C(O)c2cc(Oc4ccc(O)cc4)ccc2-3)cc1. The molecule has 0 radical (unpaired) electrons. The van der Waals surface area contributed by atoms with Gasteiger partial charge in [-0.15, -0.1) is 4.91 Å². The quantitative estimate of drug-likeness (QED) is 0.369. The van der Waals surface area contributed by atoms with Crippen molar-refractivity contribution in [3.63, 3.8) is 0 Å². The lowest BCUT2D eigenvalue weighted by atomic mass is 10.1. The largest absolute Gasteiger partial charge is 0.508 e. The van der Waals surface area contributed by atoms with Crippen LogP contribution in [-0.4, -0.2) is 10.2 Å². The van der Waals surface area contributed by atoms with Gasteiger partial charge in [-0.25, -0.2) is 0 Å². The molecule has 1 unspecified atom stereocenters. The molecule has 5 rings (SSSR count). The average Bonchev–Trinajstić information content (AvgIpc) is 3.07. The number of hydrogen-bond acceptors (Lipinski definition) is 6. The Morgan fingerprint density at radius 3 is 1.58 bits per heavy atom. The molecule has 31 heavy (non-hydrogen) atoms. The number of aromatic hydroxyl groups is 1. The molecule has 1 aliphatic rings. The molecule has 0 spiro atoms. The third-order valence-electron chi connectivity index (χ3n) is 5.18. The van der Waals surface area contributed by atoms with Gasteiger partial charge >= 0.3 is 0 Å². The number of rotatable bonds is 5. The van der Waals surface area contributed by atoms with Crippen molar-refractivity contribution in [1.29, 1.82) is 0 Å². The van der Waals surface area contributed by atoms with Gasteiger partial charge in [0.25, 0.3) is 0 Å². The van der Waals surface area contributed by atoms with Gasteiger partial charge in [-0.3, -0.25) is 0 Å². The van der Waals surface area contributed by atoms with Crippen molar-refractivity contribution in [1.82, 2.24) is 0 Å². The molecule has 1 atom stereocenters. The van der Waals surface area contributed by atoms with Gasteiger partial charge in [-0.2, -0.15) is 0 Å². The topological polar surface area (TPSA) is 88.4 Å². The monoisotopic (exact) mass is 411 g/mol. The van der Waals surface area contributed by atoms with E-state index >= 15 is 0 Å². The lowest BCUT2D eigenvalue weighted by molar-refractivity contribution is 0.224. The summed E-state index contributed by atoms with van der Waals surface area (Å²) in [5.41, 5.74) is 3.71. The molecule has 0 saturated heterocycles. The van der Waals surface area contributed by atoms with E-state index in [1.54, 1.807) is 48.5 Å². The fraction of sp³-hybridized carbons (Fsp3) is 0.0400. The van der Waals surface area contributed by atoms with Crippen LogP contribution in [0.5, 0.6) is 28.7 Å². The fourth-order valence-electron chi connectivity index (χ4n) is 3.68. The number of ether oxygens (including phenoxy) is 2. The Morgan fingerprint density at radius 2 is 1.10 bits per heavy atom. The summed E-state index contributed by atoms with van der Waals surface area (Å²) in [5, 5.41) is 23.2. The number of fused-ring (bicyclic) bond motifs is 3. The van der Waals surface area contributed by atoms with E-state index in [9.17, 15) is 15.1 Å². The van der Waals surface area contributed by atoms with Crippen LogP contribution in [-0.2, 0) is 0 Å². The predicted molar refractivity (Wildman–Crippen MR) is 116 cm³/mol. The van der Waals surface area contributed by atoms with Crippen LogP contribution in [0.25, 0.3) is 11.1 Å². The number of nitrogens with zero attached hydrogens (tertiary/aromatic N) is 1. The van der Waals surface area contributed by atoms with E-state index in [2.05, 4.69) is 5.18 Å². The fourth-order valence-corrected chi connectivity index (χ4v) is 3.68. The van der Waals surface area contributed by atoms with Crippen LogP contribution in [0.1, 0.15) is 17.2 Å². The minimum absolute atomic E-state index is 0.168. The van der Waals surface area contributed by atoms with Crippen LogP contribution in [0, 0.1) is 4.91 Å². The van der Waals surface area contributed by atoms with Crippen molar-refractivity contribution < 1.29 is 19.7 Å². The molecule has 1 aliphatic carbocycles. The Bertz CT molecular complexity index is 1270. The Hall–Kier alpha value is -4.16. The minimum atomic E-state index is -0.807. The number of phenolic OH excluding ortho intramolecular Hbond substituents is 1. The number of nitroso groups, excluding NO2 is 1. The Kier molecular flexibility index (Phi) is 4.61. The smallest absolute Gasteiger partial charge is 0.127 e. The molecule has 6 heteroatoms. The average molecular weight is 411 g/mol. The summed E-state index contributed by atoms with van der Waals surface area (Å²) >= 11 is 0. The van der Waals surface area contributed by atoms with Crippen LogP contribution >= 0.6 is 0 Å². The Morgan fingerprint density at radius 1 is 0.645 bits per heavy atom. The van der Waals surface area contributed by atoms with E-state index in [1.165, 1.54) is 0 Å². The minimum Gasteiger partial charge on any atom is -0.508 e. The summed E-state index contributed by atoms with van der Waals surface area (Å²) in [5.74, 6) is 2.51. The van der Waals surface area contributed by atoms with Crippen molar-refractivity contribution >= 4 is 5.69 Å². The maximum atomic E-state index is 10.9. The first-order valence-corrected chi connectivity index (χ1v) is 9.65. The third kappa shape index (κ3) is 3.60. The molecular weight excluding hydrogens is 394 g/mol. The lowest BCUT2D eigenvalue weighted by Crippen LogP contribution is -1.95. The molecule has 0 bridgehead atoms. The van der Waals surface area contributed by atoms with E-state index in [1.807, 2.05) is 36.4 Å². The number of hydrogen-bond donors (Lipinski definition) is 2. The predicted octanol–water partition coefficient (Wildman–Crippen LogP) is 6.44. The van der Waals surface area contributed by atoms with Gasteiger partial charge in [0.05, 0.1) is 0 Å². The van der Waals surface area contributed by atoms with Gasteiger partial charge in [0.2, 0.25) is 0 Å². The first-order valence-electron chi connectivity index (χ1n) is 9.65. The maximum Gasteiger partial charge on any atom is 0.127 e. The summed E-state index contributed by atoms with van der Waals surface area (Å²) in [6.07, 6.45) is -0.807. The summed E-state index contributed by atoms with van der Waals surface area (Å²) < 4.78 is 11.7. The second-order valence-corrected chi connectivity index (χ2v) is 7.18. The highest BCUT2D eigenvalue weighted by Gasteiger charge is 2.28. The number of aliphatic hydroxyl groups excluding tert-OH is 1. The van der Waals surface area contributed by atoms with E-state index in [4.69, 9.17) is 9.47 Å². The van der Waals surface area contributed by atoms with E-state index < -0.39 is 6.10 Å². The van der Waals surface area contributed by atoms with Gasteiger partial charge in [0, 0.05) is 0 Å². The number of aliphatic hydroxyl groups is 1. The van der Waals surface area contributed by atoms with Crippen molar-refractivity contribution in [3.05, 3.63) is 101 Å². The van der Waals surface area contributed by atoms with Gasteiger partial charge in [0.15, 0.2) is 0 Å². The van der Waals surface area contributed by atoms with Crippen molar-refractivity contribution in [2.75, 3.05) is 0 Å². The maximum absolute atomic E-state index is 10.9. The molecule has 152 valence electrons. The Balaban J connectivity index is 1.40. The van der Waals surface area contributed by atoms with Crippen LogP contribution in [0.15, 0.2) is 90.1 Å². The van der Waals surface area contributed by atoms with E-state index in [0.29, 0.717) is 28.7 Å². The van der Waals surface area contributed by atoms with Crippen molar-refractivity contribution in [2.45, 2.75) is 6.10 Å². The van der Waals surface area contributed by atoms with Crippen molar-refractivity contribution in [2.24, 2.45) is 5.18 Å². The highest BCUT2D eigenvalue weighted by atomic mass is 16.5. The molecule has 0 amide bonds. The number of benzene rings is 4. The lowest BCUT2D eigenvalue weighted by Gasteiger charge is -2.10. The molecule has 4 aromatic rings. The summed E-state index contributed by atoms with van der Waals surface area (Å²) in [7, 11) is 0. The van der Waals surface area contributed by atoms with Crippen LogP contribution in [0.3, 0.4) is 0 Å². The summed E-state index contributed by atoms with van der Waals surface area (Å²) in [6.45, 7) is 0. The van der Waals surface area contributed by atoms with Gasteiger partial charge in [0.1, 0.15) is 40.5 Å². The zero-order valence-corrected chi connectivity index (χ0v) is 16.2. The zero-order valence-electron chi connectivity index (χ0n) is 16.2. The molecule has 0 aromatic heterocycles. The Labute approximate surface area is 177 Å². The van der Waals surface area contributed by atoms with Crippen molar-refractivity contribution in [3.8, 4) is 39.9 Å². The molecule has 2 N–H and O–H groups in total. The molecule has 0 fully saturated rings. The molecular formula is C25H17NO5. The second kappa shape index (κ2) is 7.59. The van der Waals surface area contributed by atoms with Gasteiger partial charge in [-0.1, -0.05) is 12.1 Å². The standard InChI is InChI=1S/C25H17NO5/c27-16-3-7-18(8-4-16)31-20-10-12-22-21-11-9-19(13-23(21)25(28)24(22)14-20)30-17-5-1-15(26-29)2-6-17/h1-14,25,27-28H. The summed E-state index contributed by atoms with van der Waals surface area (Å²) in [4.78, 5) is 10.6. The normalized spacial score (nSPS) is 13.9. The van der Waals surface area contributed by atoms with Crippen LogP contribution < -0.4 is 9.47 Å². The van der Waals surface area contributed by atoms with E-state index in [-0.39, 0.29) is 5.75 Å². The number of phenols is 1. The third-order valence-corrected chi connectivity index (χ3v) is 5.18. The molecule has 4 aromatic carbocycles. The first-order chi connectivity index (χ1) is 15.1. The zero-order chi connectivity index (χ0) is 21.4. The van der Waals surface area contributed by atoms with Gasteiger partial charge < -0.3 is 19.7 Å². The van der Waals surface area contributed by atoms with Gasteiger partial charge in [-0.05, 0) is 100 Å². The summed E-state index contributed by atoms with van der Waals surface area (Å²) in [6, 6.07) is 24.1. The van der Waals surface area contributed by atoms with Crippen LogP contribution in [0.2, 0.25) is 0 Å².